The number of hydrogen-bond donors (Lipinski definition) is 1. The fourth-order valence-corrected chi connectivity index (χ4v) is 2.03. The number of nitrogens with one attached hydrogen (secondary N) is 1. The molecule has 0 saturated carbocycles. The quantitative estimate of drug-likeness (QED) is 0.740. The van der Waals surface area contributed by atoms with E-state index in [0.29, 0.717) is 16.4 Å². The van der Waals surface area contributed by atoms with Crippen molar-refractivity contribution in [2.45, 2.75) is 12.5 Å². The number of hydrogen-bond acceptors (Lipinski definition) is 5. The van der Waals surface area contributed by atoms with E-state index < -0.39 is 11.7 Å². The highest BCUT2D eigenvalue weighted by molar-refractivity contribution is 7.13. The van der Waals surface area contributed by atoms with Crippen LogP contribution < -0.4 is 5.32 Å². The Morgan fingerprint density at radius 1 is 1.79 bits per heavy atom. The van der Waals surface area contributed by atoms with Gasteiger partial charge in [-0.25, -0.2) is 9.78 Å². The fraction of sp³-hybridized carbons (Fsp3) is 0.375. The second-order valence-electron chi connectivity index (χ2n) is 3.16. The summed E-state index contributed by atoms with van der Waals surface area (Å²) in [4.78, 5) is 25.9. The van der Waals surface area contributed by atoms with Gasteiger partial charge < -0.3 is 10.1 Å². The van der Waals surface area contributed by atoms with E-state index in [-0.39, 0.29) is 0 Å². The third kappa shape index (κ3) is 1.37. The van der Waals surface area contributed by atoms with Crippen LogP contribution in [0, 0.1) is 0 Å². The highest BCUT2D eigenvalue weighted by Gasteiger charge is 2.39. The number of aromatic nitrogens is 1. The van der Waals surface area contributed by atoms with Crippen molar-refractivity contribution in [2.24, 2.45) is 0 Å². The van der Waals surface area contributed by atoms with Gasteiger partial charge in [-0.3, -0.25) is 4.79 Å². The Kier molecular flexibility index (Phi) is 1.99. The number of thiazole rings is 1. The maximum atomic E-state index is 10.9. The van der Waals surface area contributed by atoms with Crippen molar-refractivity contribution in [2.75, 3.05) is 6.54 Å². The zero-order chi connectivity index (χ0) is 10.2. The molecule has 6 heteroatoms. The SMILES string of the molecule is CC1(c2ncc(C=O)s2)CNC(=O)O1. The number of nitrogens with zero attached hydrogens (tertiary/aromatic N) is 1. The van der Waals surface area contributed by atoms with Gasteiger partial charge in [0.05, 0.1) is 11.4 Å². The van der Waals surface area contributed by atoms with Crippen molar-refractivity contribution in [3.63, 3.8) is 0 Å². The first-order valence-corrected chi connectivity index (χ1v) is 4.84. The van der Waals surface area contributed by atoms with Crippen molar-refractivity contribution in [3.8, 4) is 0 Å². The molecule has 0 aromatic carbocycles. The van der Waals surface area contributed by atoms with Gasteiger partial charge in [-0.15, -0.1) is 11.3 Å². The molecule has 1 aromatic rings. The van der Waals surface area contributed by atoms with Crippen LogP contribution in [0.3, 0.4) is 0 Å². The summed E-state index contributed by atoms with van der Waals surface area (Å²) >= 11 is 1.23. The van der Waals surface area contributed by atoms with Crippen LogP contribution in [0.1, 0.15) is 21.6 Å². The monoisotopic (exact) mass is 212 g/mol. The van der Waals surface area contributed by atoms with Crippen LogP contribution in [0.4, 0.5) is 4.79 Å². The van der Waals surface area contributed by atoms with Crippen LogP contribution in [-0.4, -0.2) is 23.9 Å². The molecule has 14 heavy (non-hydrogen) atoms. The maximum absolute atomic E-state index is 10.9. The summed E-state index contributed by atoms with van der Waals surface area (Å²) in [7, 11) is 0. The molecule has 1 aliphatic heterocycles. The molecule has 0 bridgehead atoms. The second-order valence-corrected chi connectivity index (χ2v) is 4.22. The topological polar surface area (TPSA) is 68.3 Å². The lowest BCUT2D eigenvalue weighted by molar-refractivity contribution is 0.0702. The van der Waals surface area contributed by atoms with Gasteiger partial charge in [0.25, 0.3) is 0 Å². The Bertz CT molecular complexity index is 390. The molecule has 0 radical (unpaired) electrons. The molecule has 74 valence electrons. The zero-order valence-electron chi connectivity index (χ0n) is 7.44. The summed E-state index contributed by atoms with van der Waals surface area (Å²) in [5.41, 5.74) is -0.733. The summed E-state index contributed by atoms with van der Waals surface area (Å²) in [5.74, 6) is 0. The predicted molar refractivity (Wildman–Crippen MR) is 49.3 cm³/mol. The summed E-state index contributed by atoms with van der Waals surface area (Å²) < 4.78 is 5.07. The average molecular weight is 212 g/mol. The van der Waals surface area contributed by atoms with Crippen molar-refractivity contribution in [1.82, 2.24) is 10.3 Å². The van der Waals surface area contributed by atoms with E-state index in [1.54, 1.807) is 6.92 Å². The minimum absolute atomic E-state index is 0.387. The second kappa shape index (κ2) is 3.06. The van der Waals surface area contributed by atoms with Crippen LogP contribution in [-0.2, 0) is 10.3 Å². The number of amides is 1. The zero-order valence-corrected chi connectivity index (χ0v) is 8.26. The van der Waals surface area contributed by atoms with E-state index in [9.17, 15) is 9.59 Å². The standard InChI is InChI=1S/C8H8N2O3S/c1-8(4-10-7(12)13-8)6-9-2-5(3-11)14-6/h2-3H,4H2,1H3,(H,10,12). The summed E-state index contributed by atoms with van der Waals surface area (Å²) in [6.45, 7) is 2.15. The summed E-state index contributed by atoms with van der Waals surface area (Å²) in [6, 6.07) is 0. The van der Waals surface area contributed by atoms with E-state index in [1.165, 1.54) is 17.5 Å². The van der Waals surface area contributed by atoms with Crippen molar-refractivity contribution >= 4 is 23.7 Å². The van der Waals surface area contributed by atoms with Gasteiger partial charge in [-0.2, -0.15) is 0 Å². The molecule has 0 spiro atoms. The molecule has 2 rings (SSSR count). The summed E-state index contributed by atoms with van der Waals surface area (Å²) in [6.07, 6.45) is 1.76. The van der Waals surface area contributed by atoms with Gasteiger partial charge in [0.2, 0.25) is 0 Å². The highest BCUT2D eigenvalue weighted by atomic mass is 32.1. The number of cyclic esters (lactones) is 1. The van der Waals surface area contributed by atoms with E-state index >= 15 is 0 Å². The first-order chi connectivity index (χ1) is 6.64. The smallest absolute Gasteiger partial charge is 0.408 e. The molecule has 1 unspecified atom stereocenters. The third-order valence-electron chi connectivity index (χ3n) is 1.98. The number of rotatable bonds is 2. The maximum Gasteiger partial charge on any atom is 0.408 e. The highest BCUT2D eigenvalue weighted by Crippen LogP contribution is 2.31. The predicted octanol–water partition coefficient (Wildman–Crippen LogP) is 0.911. The third-order valence-corrected chi connectivity index (χ3v) is 3.15. The van der Waals surface area contributed by atoms with Crippen LogP contribution >= 0.6 is 11.3 Å². The Morgan fingerprint density at radius 2 is 2.57 bits per heavy atom. The largest absolute Gasteiger partial charge is 0.434 e. The molecule has 0 aliphatic carbocycles. The lowest BCUT2D eigenvalue weighted by Gasteiger charge is -2.17. The number of ether oxygens (including phenoxy) is 1. The molecule has 5 nitrogen and oxygen atoms in total. The molecular formula is C8H8N2O3S. The van der Waals surface area contributed by atoms with Crippen molar-refractivity contribution < 1.29 is 14.3 Å². The molecule has 1 aromatic heterocycles. The molecule has 1 saturated heterocycles. The molecular weight excluding hydrogens is 204 g/mol. The normalized spacial score (nSPS) is 25.6. The van der Waals surface area contributed by atoms with Crippen LogP contribution in [0.2, 0.25) is 0 Å². The lowest BCUT2D eigenvalue weighted by Crippen LogP contribution is -2.25. The van der Waals surface area contributed by atoms with E-state index in [4.69, 9.17) is 4.74 Å². The van der Waals surface area contributed by atoms with Gasteiger partial charge >= 0.3 is 6.09 Å². The number of alkyl carbamates (subject to hydrolysis) is 1. The molecule has 1 fully saturated rings. The van der Waals surface area contributed by atoms with Gasteiger partial charge in [-0.05, 0) is 6.92 Å². The van der Waals surface area contributed by atoms with Crippen LogP contribution in [0.5, 0.6) is 0 Å². The Morgan fingerprint density at radius 3 is 3.07 bits per heavy atom. The first-order valence-electron chi connectivity index (χ1n) is 4.02. The Hall–Kier alpha value is -1.43. The van der Waals surface area contributed by atoms with Gasteiger partial charge in [-0.1, -0.05) is 0 Å². The van der Waals surface area contributed by atoms with Crippen molar-refractivity contribution in [1.29, 1.82) is 0 Å². The molecule has 1 N–H and O–H groups in total. The first kappa shape index (κ1) is 9.14. The lowest BCUT2D eigenvalue weighted by atomic mass is 10.1. The van der Waals surface area contributed by atoms with E-state index in [2.05, 4.69) is 10.3 Å². The van der Waals surface area contributed by atoms with E-state index in [1.807, 2.05) is 0 Å². The average Bonchev–Trinajstić information content (AvgIpc) is 2.73. The Labute approximate surface area is 84.1 Å². The number of carbonyl (C=O) groups is 2. The minimum Gasteiger partial charge on any atom is -0.434 e. The van der Waals surface area contributed by atoms with Crippen LogP contribution in [0.25, 0.3) is 0 Å². The Balaban J connectivity index is 2.29. The minimum atomic E-state index is -0.733. The number of carbonyl (C=O) groups excluding carboxylic acids is 2. The molecule has 1 aliphatic rings. The summed E-state index contributed by atoms with van der Waals surface area (Å²) in [5, 5.41) is 3.19. The van der Waals surface area contributed by atoms with Crippen LogP contribution in [0.15, 0.2) is 6.20 Å². The molecule has 1 amide bonds. The van der Waals surface area contributed by atoms with Gasteiger partial charge in [0, 0.05) is 6.20 Å². The van der Waals surface area contributed by atoms with E-state index in [0.717, 1.165) is 6.29 Å². The molecule has 1 atom stereocenters. The number of aldehydes is 1. The molecule has 2 heterocycles. The van der Waals surface area contributed by atoms with Crippen molar-refractivity contribution in [3.05, 3.63) is 16.1 Å². The fourth-order valence-electron chi connectivity index (χ4n) is 1.22. The van der Waals surface area contributed by atoms with Gasteiger partial charge in [0.1, 0.15) is 5.01 Å². The van der Waals surface area contributed by atoms with Gasteiger partial charge in [0.15, 0.2) is 11.9 Å².